The van der Waals surface area contributed by atoms with E-state index in [0.29, 0.717) is 46.8 Å². The highest BCUT2D eigenvalue weighted by Gasteiger charge is 2.31. The van der Waals surface area contributed by atoms with E-state index in [9.17, 15) is 9.59 Å². The van der Waals surface area contributed by atoms with Gasteiger partial charge in [-0.15, -0.1) is 0 Å². The number of carbonyl (C=O) groups is 2. The molecule has 0 spiro atoms. The van der Waals surface area contributed by atoms with Crippen LogP contribution >= 0.6 is 23.2 Å². The topological polar surface area (TPSA) is 91.0 Å². The molecule has 2 N–H and O–H groups in total. The fraction of sp³-hybridized carbons (Fsp3) is 0.304. The Balaban J connectivity index is 1.49. The van der Waals surface area contributed by atoms with Crippen LogP contribution in [0.25, 0.3) is 0 Å². The maximum Gasteiger partial charge on any atom is 0.253 e. The number of benzene rings is 2. The number of aryl methyl sites for hydroxylation is 1. The van der Waals surface area contributed by atoms with Crippen molar-refractivity contribution in [2.45, 2.75) is 25.8 Å². The molecule has 1 aromatic heterocycles. The average molecular weight is 472 g/mol. The molecule has 0 radical (unpaired) electrons. The normalized spacial score (nSPS) is 17.1. The maximum absolute atomic E-state index is 13.2. The molecular weight excluding hydrogens is 449 g/mol. The van der Waals surface area contributed by atoms with Crippen LogP contribution in [0.4, 0.5) is 0 Å². The summed E-state index contributed by atoms with van der Waals surface area (Å²) in [7, 11) is 0. The third-order valence-electron chi connectivity index (χ3n) is 5.54. The van der Waals surface area contributed by atoms with Crippen molar-refractivity contribution < 1.29 is 9.59 Å². The zero-order chi connectivity index (χ0) is 22.7. The van der Waals surface area contributed by atoms with Crippen LogP contribution in [-0.2, 0) is 4.79 Å². The molecule has 4 rings (SSSR count). The van der Waals surface area contributed by atoms with Gasteiger partial charge in [-0.3, -0.25) is 14.7 Å². The van der Waals surface area contributed by atoms with Gasteiger partial charge in [-0.2, -0.15) is 5.10 Å². The summed E-state index contributed by atoms with van der Waals surface area (Å²) in [6.45, 7) is 2.73. The van der Waals surface area contributed by atoms with E-state index < -0.39 is 6.04 Å². The molecule has 2 aromatic carbocycles. The highest BCUT2D eigenvalue weighted by atomic mass is 35.5. The Bertz CT molecular complexity index is 1120. The van der Waals surface area contributed by atoms with E-state index in [2.05, 4.69) is 20.5 Å². The number of nitrogens with zero attached hydrogens (tertiary/aromatic N) is 3. The van der Waals surface area contributed by atoms with Crippen molar-refractivity contribution >= 4 is 35.0 Å². The Morgan fingerprint density at radius 1 is 1.16 bits per heavy atom. The number of aromatic nitrogens is 3. The number of carbonyl (C=O) groups excluding carboxylic acids is 2. The first kappa shape index (κ1) is 22.3. The van der Waals surface area contributed by atoms with Gasteiger partial charge in [0.25, 0.3) is 5.91 Å². The van der Waals surface area contributed by atoms with Crippen LogP contribution < -0.4 is 5.32 Å². The van der Waals surface area contributed by atoms with Gasteiger partial charge >= 0.3 is 0 Å². The van der Waals surface area contributed by atoms with E-state index >= 15 is 0 Å². The standard InChI is InChI=1S/C23H23Cl2N5O2/c1-14-26-21(29-28-14)20(15-6-3-2-4-7-15)27-22(31)17-8-5-11-30(13-17)23(32)16-9-10-18(24)19(25)12-16/h2-4,6-7,9-10,12,17,20H,5,8,11,13H2,1H3,(H,27,31)(H,26,28,29). The number of hydrogen-bond donors (Lipinski definition) is 2. The quantitative estimate of drug-likeness (QED) is 0.583. The molecule has 1 fully saturated rings. The van der Waals surface area contributed by atoms with Crippen molar-refractivity contribution in [2.24, 2.45) is 5.92 Å². The highest BCUT2D eigenvalue weighted by Crippen LogP contribution is 2.26. The summed E-state index contributed by atoms with van der Waals surface area (Å²) in [4.78, 5) is 32.3. The Morgan fingerprint density at radius 3 is 2.62 bits per heavy atom. The minimum Gasteiger partial charge on any atom is -0.342 e. The molecule has 2 atom stereocenters. The number of hydrogen-bond acceptors (Lipinski definition) is 4. The lowest BCUT2D eigenvalue weighted by Crippen LogP contribution is -2.46. The molecule has 3 aromatic rings. The van der Waals surface area contributed by atoms with Crippen LogP contribution in [0.5, 0.6) is 0 Å². The molecule has 7 nitrogen and oxygen atoms in total. The van der Waals surface area contributed by atoms with Crippen LogP contribution in [0.1, 0.15) is 46.5 Å². The van der Waals surface area contributed by atoms with E-state index in [0.717, 1.165) is 12.0 Å². The van der Waals surface area contributed by atoms with Gasteiger partial charge in [0.15, 0.2) is 5.82 Å². The Kier molecular flexibility index (Phi) is 6.77. The fourth-order valence-corrected chi connectivity index (χ4v) is 4.18. The number of nitrogens with one attached hydrogen (secondary N) is 2. The van der Waals surface area contributed by atoms with Crippen LogP contribution in [0.15, 0.2) is 48.5 Å². The predicted octanol–water partition coefficient (Wildman–Crippen LogP) is 4.18. The lowest BCUT2D eigenvalue weighted by molar-refractivity contribution is -0.126. The van der Waals surface area contributed by atoms with Crippen molar-refractivity contribution in [3.05, 3.63) is 81.4 Å². The number of piperidine rings is 1. The fourth-order valence-electron chi connectivity index (χ4n) is 3.88. The molecule has 2 amide bonds. The minimum absolute atomic E-state index is 0.132. The van der Waals surface area contributed by atoms with E-state index in [-0.39, 0.29) is 17.7 Å². The zero-order valence-corrected chi connectivity index (χ0v) is 19.0. The van der Waals surface area contributed by atoms with Gasteiger partial charge in [-0.05, 0) is 43.5 Å². The second kappa shape index (κ2) is 9.71. The molecule has 1 saturated heterocycles. The molecule has 32 heavy (non-hydrogen) atoms. The van der Waals surface area contributed by atoms with Gasteiger partial charge in [0.1, 0.15) is 11.9 Å². The molecule has 0 saturated carbocycles. The predicted molar refractivity (Wildman–Crippen MR) is 123 cm³/mol. The Hall–Kier alpha value is -2.90. The average Bonchev–Trinajstić information content (AvgIpc) is 3.25. The monoisotopic (exact) mass is 471 g/mol. The summed E-state index contributed by atoms with van der Waals surface area (Å²) >= 11 is 12.0. The van der Waals surface area contributed by atoms with Crippen molar-refractivity contribution in [3.8, 4) is 0 Å². The Morgan fingerprint density at radius 2 is 1.94 bits per heavy atom. The Labute approximate surface area is 196 Å². The summed E-state index contributed by atoms with van der Waals surface area (Å²) < 4.78 is 0. The number of aromatic amines is 1. The van der Waals surface area contributed by atoms with Gasteiger partial charge in [0.2, 0.25) is 5.91 Å². The first-order chi connectivity index (χ1) is 15.4. The molecule has 9 heteroatoms. The number of likely N-dealkylation sites (tertiary alicyclic amines) is 1. The van der Waals surface area contributed by atoms with Crippen molar-refractivity contribution in [1.29, 1.82) is 0 Å². The second-order valence-electron chi connectivity index (χ2n) is 7.85. The largest absolute Gasteiger partial charge is 0.342 e. The lowest BCUT2D eigenvalue weighted by Gasteiger charge is -2.33. The number of H-pyrrole nitrogens is 1. The van der Waals surface area contributed by atoms with Crippen molar-refractivity contribution in [3.63, 3.8) is 0 Å². The lowest BCUT2D eigenvalue weighted by atomic mass is 9.95. The summed E-state index contributed by atoms with van der Waals surface area (Å²) in [6, 6.07) is 13.9. The van der Waals surface area contributed by atoms with E-state index in [1.54, 1.807) is 23.1 Å². The van der Waals surface area contributed by atoms with E-state index in [4.69, 9.17) is 23.2 Å². The molecular formula is C23H23Cl2N5O2. The first-order valence-electron chi connectivity index (χ1n) is 10.4. The van der Waals surface area contributed by atoms with Crippen LogP contribution in [0.3, 0.4) is 0 Å². The summed E-state index contributed by atoms with van der Waals surface area (Å²) in [6.07, 6.45) is 1.44. The van der Waals surface area contributed by atoms with Gasteiger partial charge < -0.3 is 10.2 Å². The van der Waals surface area contributed by atoms with Gasteiger partial charge in [-0.1, -0.05) is 53.5 Å². The van der Waals surface area contributed by atoms with Crippen molar-refractivity contribution in [1.82, 2.24) is 25.4 Å². The number of halogens is 2. The van der Waals surface area contributed by atoms with Crippen LogP contribution in [-0.4, -0.2) is 45.0 Å². The van der Waals surface area contributed by atoms with Crippen molar-refractivity contribution in [2.75, 3.05) is 13.1 Å². The van der Waals surface area contributed by atoms with E-state index in [1.165, 1.54) is 0 Å². The maximum atomic E-state index is 13.2. The van der Waals surface area contributed by atoms with Gasteiger partial charge in [-0.25, -0.2) is 4.98 Å². The van der Waals surface area contributed by atoms with Crippen LogP contribution in [0.2, 0.25) is 10.0 Å². The molecule has 0 aliphatic carbocycles. The third kappa shape index (κ3) is 4.95. The minimum atomic E-state index is -0.477. The molecule has 0 bridgehead atoms. The smallest absolute Gasteiger partial charge is 0.253 e. The zero-order valence-electron chi connectivity index (χ0n) is 17.5. The summed E-state index contributed by atoms with van der Waals surface area (Å²) in [5, 5.41) is 10.9. The molecule has 2 unspecified atom stereocenters. The molecule has 2 heterocycles. The number of rotatable bonds is 5. The summed E-state index contributed by atoms with van der Waals surface area (Å²) in [5.41, 5.74) is 1.35. The van der Waals surface area contributed by atoms with E-state index in [1.807, 2.05) is 37.3 Å². The molecule has 1 aliphatic heterocycles. The SMILES string of the molecule is Cc1nc(C(NC(=O)C2CCCN(C(=O)c3ccc(Cl)c(Cl)c3)C2)c2ccccc2)n[nH]1. The second-order valence-corrected chi connectivity index (χ2v) is 8.66. The molecule has 166 valence electrons. The van der Waals surface area contributed by atoms with Gasteiger partial charge in [0, 0.05) is 18.7 Å². The third-order valence-corrected chi connectivity index (χ3v) is 6.28. The van der Waals surface area contributed by atoms with Gasteiger partial charge in [0.05, 0.1) is 16.0 Å². The first-order valence-corrected chi connectivity index (χ1v) is 11.2. The molecule has 1 aliphatic rings. The van der Waals surface area contributed by atoms with Crippen LogP contribution in [0, 0.1) is 12.8 Å². The highest BCUT2D eigenvalue weighted by molar-refractivity contribution is 6.42. The summed E-state index contributed by atoms with van der Waals surface area (Å²) in [5.74, 6) is 0.549. The number of amides is 2.